The van der Waals surface area contributed by atoms with Gasteiger partial charge in [0.05, 0.1) is 29.1 Å². The predicted molar refractivity (Wildman–Crippen MR) is 127 cm³/mol. The molecule has 0 spiro atoms. The molecule has 11 heteroatoms. The van der Waals surface area contributed by atoms with E-state index in [9.17, 15) is 13.2 Å². The summed E-state index contributed by atoms with van der Waals surface area (Å²) in [5.41, 5.74) is 1.68. The number of sulfonamides is 1. The maximum atomic E-state index is 13.2. The quantitative estimate of drug-likeness (QED) is 0.574. The number of nitrogens with one attached hydrogen (secondary N) is 2. The number of nitrogens with zero attached hydrogens (tertiary/aromatic N) is 3. The zero-order chi connectivity index (χ0) is 22.7. The maximum Gasteiger partial charge on any atom is 0.264 e. The van der Waals surface area contributed by atoms with Gasteiger partial charge in [0, 0.05) is 49.3 Å². The molecule has 0 atom stereocenters. The van der Waals surface area contributed by atoms with Crippen LogP contribution in [0, 0.1) is 0 Å². The van der Waals surface area contributed by atoms with Crippen molar-refractivity contribution in [1.29, 1.82) is 0 Å². The number of carbonyl (C=O) groups excluding carboxylic acids is 1. The Morgan fingerprint density at radius 2 is 2.16 bits per heavy atom. The third-order valence-electron chi connectivity index (χ3n) is 4.83. The van der Waals surface area contributed by atoms with Crippen molar-refractivity contribution in [2.75, 3.05) is 18.3 Å². The monoisotopic (exact) mass is 489 g/mol. The van der Waals surface area contributed by atoms with Crippen molar-refractivity contribution in [2.45, 2.75) is 6.42 Å². The smallest absolute Gasteiger partial charge is 0.264 e. The summed E-state index contributed by atoms with van der Waals surface area (Å²) in [7, 11) is -2.32. The van der Waals surface area contributed by atoms with E-state index < -0.39 is 10.0 Å². The fourth-order valence-electron chi connectivity index (χ4n) is 3.19. The highest BCUT2D eigenvalue weighted by Gasteiger charge is 2.30. The number of hydrogen-bond donors (Lipinski definition) is 2. The van der Waals surface area contributed by atoms with Crippen LogP contribution >= 0.6 is 23.7 Å². The van der Waals surface area contributed by atoms with Crippen LogP contribution in [0.3, 0.4) is 0 Å². The number of fused-ring (bicyclic) bond motifs is 1. The van der Waals surface area contributed by atoms with Crippen molar-refractivity contribution in [2.24, 2.45) is 0 Å². The summed E-state index contributed by atoms with van der Waals surface area (Å²) in [5.74, 6) is -0.327. The van der Waals surface area contributed by atoms with Gasteiger partial charge in [-0.25, -0.2) is 8.42 Å². The Kier molecular flexibility index (Phi) is 6.45. The van der Waals surface area contributed by atoms with Crippen LogP contribution in [0.1, 0.15) is 16.1 Å². The fraction of sp³-hybridized carbons (Fsp3) is 0.143. The molecule has 2 aliphatic rings. The number of benzene rings is 1. The number of allylic oxidation sites excluding steroid dienone is 2. The van der Waals surface area contributed by atoms with E-state index in [1.165, 1.54) is 35.2 Å². The lowest BCUT2D eigenvalue weighted by molar-refractivity contribution is 0.0797. The van der Waals surface area contributed by atoms with E-state index in [0.717, 1.165) is 5.69 Å². The molecule has 0 unspecified atom stereocenters. The van der Waals surface area contributed by atoms with Crippen LogP contribution in [0.5, 0.6) is 0 Å². The summed E-state index contributed by atoms with van der Waals surface area (Å²) < 4.78 is 33.5. The van der Waals surface area contributed by atoms with E-state index >= 15 is 0 Å². The van der Waals surface area contributed by atoms with E-state index in [-0.39, 0.29) is 22.1 Å². The molecule has 8 nitrogen and oxygen atoms in total. The first kappa shape index (κ1) is 22.3. The average Bonchev–Trinajstić information content (AvgIpc) is 3.26. The van der Waals surface area contributed by atoms with Gasteiger partial charge in [0.2, 0.25) is 0 Å². The minimum atomic E-state index is -3.99. The summed E-state index contributed by atoms with van der Waals surface area (Å²) in [6.45, 7) is 0.422. The second kappa shape index (κ2) is 9.27. The number of likely N-dealkylation sites (N-methyl/N-ethyl adjacent to an activating group) is 1. The van der Waals surface area contributed by atoms with Crippen LogP contribution in [0.4, 0.5) is 5.69 Å². The van der Waals surface area contributed by atoms with Crippen LogP contribution in [-0.2, 0) is 16.4 Å². The maximum absolute atomic E-state index is 13.2. The third-order valence-corrected chi connectivity index (χ3v) is 7.21. The molecule has 0 radical (unpaired) electrons. The predicted octanol–water partition coefficient (Wildman–Crippen LogP) is 3.51. The van der Waals surface area contributed by atoms with Gasteiger partial charge >= 0.3 is 0 Å². The lowest BCUT2D eigenvalue weighted by Crippen LogP contribution is -2.30. The molecule has 0 fully saturated rings. The first-order valence-corrected chi connectivity index (χ1v) is 12.3. The molecule has 1 aromatic heterocycles. The van der Waals surface area contributed by atoms with Crippen LogP contribution in [-0.4, -0.2) is 42.1 Å². The van der Waals surface area contributed by atoms with Gasteiger partial charge in [-0.3, -0.25) is 18.8 Å². The molecule has 166 valence electrons. The SMILES string of the molecule is CN(CCc1ccccn1)C(=O)c1ccc(Cl)cc1NS(=O)(=O)C1=CC=CN2SNC=C12. The van der Waals surface area contributed by atoms with Crippen LogP contribution in [0.2, 0.25) is 5.02 Å². The summed E-state index contributed by atoms with van der Waals surface area (Å²) in [6.07, 6.45) is 8.78. The normalized spacial score (nSPS) is 14.9. The standard InChI is InChI=1S/C21H20ClN5O3S2/c1-26(12-9-16-5-2-3-10-23-16)21(28)17-8-7-15(22)13-18(17)25-32(29,30)20-6-4-11-27-19(20)14-24-31-27/h2-8,10-11,13-14,24-25H,9,12H2,1H3. The molecule has 2 aliphatic heterocycles. The van der Waals surface area contributed by atoms with Crippen LogP contribution < -0.4 is 9.44 Å². The van der Waals surface area contributed by atoms with Crippen molar-refractivity contribution in [3.8, 4) is 0 Å². The molecule has 2 aromatic rings. The fourth-order valence-corrected chi connectivity index (χ4v) is 5.33. The van der Waals surface area contributed by atoms with E-state index in [1.807, 2.05) is 18.2 Å². The lowest BCUT2D eigenvalue weighted by atomic mass is 10.1. The van der Waals surface area contributed by atoms with Crippen molar-refractivity contribution < 1.29 is 13.2 Å². The molecule has 0 aliphatic carbocycles. The summed E-state index contributed by atoms with van der Waals surface area (Å²) in [6, 6.07) is 10.1. The number of halogens is 1. The van der Waals surface area contributed by atoms with Gasteiger partial charge in [0.25, 0.3) is 15.9 Å². The third kappa shape index (κ3) is 4.77. The van der Waals surface area contributed by atoms with Gasteiger partial charge in [-0.15, -0.1) is 0 Å². The number of carbonyl (C=O) groups is 1. The molecule has 1 amide bonds. The highest BCUT2D eigenvalue weighted by atomic mass is 35.5. The van der Waals surface area contributed by atoms with E-state index in [2.05, 4.69) is 14.4 Å². The molecule has 0 bridgehead atoms. The molecule has 2 N–H and O–H groups in total. The average molecular weight is 490 g/mol. The first-order valence-electron chi connectivity index (χ1n) is 9.64. The molecule has 3 heterocycles. The number of anilines is 1. The van der Waals surface area contributed by atoms with Gasteiger partial charge in [-0.05, 0) is 42.5 Å². The minimum absolute atomic E-state index is 0.0828. The molecule has 4 rings (SSSR count). The zero-order valence-electron chi connectivity index (χ0n) is 17.0. The Hall–Kier alpha value is -2.95. The number of pyridine rings is 1. The summed E-state index contributed by atoms with van der Waals surface area (Å²) >= 11 is 7.37. The van der Waals surface area contributed by atoms with E-state index in [1.54, 1.807) is 42.1 Å². The highest BCUT2D eigenvalue weighted by Crippen LogP contribution is 2.34. The summed E-state index contributed by atoms with van der Waals surface area (Å²) in [5, 5.41) is 0.312. The van der Waals surface area contributed by atoms with Gasteiger partial charge in [0.15, 0.2) is 0 Å². The molecule has 0 saturated carbocycles. The minimum Gasteiger partial charge on any atom is -0.341 e. The molecule has 0 saturated heterocycles. The Morgan fingerprint density at radius 1 is 1.31 bits per heavy atom. The van der Waals surface area contributed by atoms with Gasteiger partial charge in [-0.1, -0.05) is 17.7 Å². The second-order valence-corrected chi connectivity index (χ2v) is 9.93. The Morgan fingerprint density at radius 3 is 2.94 bits per heavy atom. The Balaban J connectivity index is 1.56. The number of rotatable bonds is 7. The van der Waals surface area contributed by atoms with Gasteiger partial charge < -0.3 is 9.62 Å². The lowest BCUT2D eigenvalue weighted by Gasteiger charge is -2.22. The number of amides is 1. The summed E-state index contributed by atoms with van der Waals surface area (Å²) in [4.78, 5) is 19.0. The Bertz CT molecular complexity index is 1230. The van der Waals surface area contributed by atoms with Gasteiger partial charge in [-0.2, -0.15) is 0 Å². The largest absolute Gasteiger partial charge is 0.341 e. The van der Waals surface area contributed by atoms with Crippen molar-refractivity contribution in [1.82, 2.24) is 18.9 Å². The first-order chi connectivity index (χ1) is 15.3. The van der Waals surface area contributed by atoms with Crippen LogP contribution in [0.15, 0.2) is 77.7 Å². The second-order valence-electron chi connectivity index (χ2n) is 7.03. The molecule has 1 aromatic carbocycles. The number of hydrogen-bond acceptors (Lipinski definition) is 7. The topological polar surface area (TPSA) is 94.6 Å². The molecular weight excluding hydrogens is 470 g/mol. The molecule has 32 heavy (non-hydrogen) atoms. The van der Waals surface area contributed by atoms with Crippen molar-refractivity contribution >= 4 is 45.4 Å². The van der Waals surface area contributed by atoms with Crippen LogP contribution in [0.25, 0.3) is 0 Å². The molecular formula is C21H20ClN5O3S2. The van der Waals surface area contributed by atoms with Crippen molar-refractivity contribution in [3.63, 3.8) is 0 Å². The van der Waals surface area contributed by atoms with E-state index in [4.69, 9.17) is 11.6 Å². The highest BCUT2D eigenvalue weighted by molar-refractivity contribution is 7.97. The van der Waals surface area contributed by atoms with E-state index in [0.29, 0.717) is 23.7 Å². The van der Waals surface area contributed by atoms with Crippen molar-refractivity contribution in [3.05, 3.63) is 94.0 Å². The zero-order valence-corrected chi connectivity index (χ0v) is 19.4. The number of aromatic nitrogens is 1. The Labute approximate surface area is 196 Å². The van der Waals surface area contributed by atoms with Gasteiger partial charge in [0.1, 0.15) is 4.91 Å².